The average molecular weight is 403 g/mol. The van der Waals surface area contributed by atoms with E-state index in [-0.39, 0.29) is 12.5 Å². The minimum absolute atomic E-state index is 0.0861. The summed E-state index contributed by atoms with van der Waals surface area (Å²) in [6.07, 6.45) is 3.26. The van der Waals surface area contributed by atoms with Crippen molar-refractivity contribution in [2.24, 2.45) is 5.73 Å². The molecule has 0 saturated heterocycles. The van der Waals surface area contributed by atoms with Gasteiger partial charge in [-0.25, -0.2) is 0 Å². The molecule has 130 valence electrons. The van der Waals surface area contributed by atoms with Crippen LogP contribution in [-0.2, 0) is 16.1 Å². The van der Waals surface area contributed by atoms with Crippen LogP contribution in [0.15, 0.2) is 59.1 Å². The summed E-state index contributed by atoms with van der Waals surface area (Å²) in [4.78, 5) is 24.5. The highest BCUT2D eigenvalue weighted by atomic mass is 79.9. The third-order valence-corrected chi connectivity index (χ3v) is 3.92. The molecule has 0 heterocycles. The van der Waals surface area contributed by atoms with Gasteiger partial charge in [0.2, 0.25) is 5.91 Å². The van der Waals surface area contributed by atoms with Crippen LogP contribution < -0.4 is 10.5 Å². The fraction of sp³-hybridized carbons (Fsp3) is 0.158. The van der Waals surface area contributed by atoms with E-state index in [9.17, 15) is 9.59 Å². The maximum atomic E-state index is 12.2. The second-order valence-corrected chi connectivity index (χ2v) is 6.39. The fourth-order valence-corrected chi connectivity index (χ4v) is 2.33. The van der Waals surface area contributed by atoms with Crippen LogP contribution in [0.3, 0.4) is 0 Å². The summed E-state index contributed by atoms with van der Waals surface area (Å²) in [5, 5.41) is 0. The Hall–Kier alpha value is -2.60. The molecule has 0 fully saturated rings. The minimum atomic E-state index is -0.525. The highest BCUT2D eigenvalue weighted by molar-refractivity contribution is 9.10. The number of amides is 2. The van der Waals surface area contributed by atoms with Gasteiger partial charge in [-0.3, -0.25) is 9.59 Å². The van der Waals surface area contributed by atoms with Crippen molar-refractivity contribution >= 4 is 33.8 Å². The molecule has 6 heteroatoms. The van der Waals surface area contributed by atoms with Crippen molar-refractivity contribution in [2.45, 2.75) is 6.54 Å². The molecule has 0 unspecified atom stereocenters. The number of carbonyl (C=O) groups excluding carboxylic acids is 2. The lowest BCUT2D eigenvalue weighted by atomic mass is 10.2. The summed E-state index contributed by atoms with van der Waals surface area (Å²) in [6, 6.07) is 14.9. The van der Waals surface area contributed by atoms with Gasteiger partial charge in [0.05, 0.1) is 0 Å². The predicted molar refractivity (Wildman–Crippen MR) is 101 cm³/mol. The Kier molecular flexibility index (Phi) is 6.77. The van der Waals surface area contributed by atoms with Crippen molar-refractivity contribution in [2.75, 3.05) is 13.7 Å². The molecule has 0 spiro atoms. The monoisotopic (exact) mass is 402 g/mol. The van der Waals surface area contributed by atoms with E-state index in [1.165, 1.54) is 6.08 Å². The maximum Gasteiger partial charge on any atom is 0.255 e. The van der Waals surface area contributed by atoms with Gasteiger partial charge < -0.3 is 15.4 Å². The first kappa shape index (κ1) is 18.7. The van der Waals surface area contributed by atoms with Gasteiger partial charge in [-0.2, -0.15) is 0 Å². The lowest BCUT2D eigenvalue weighted by Crippen LogP contribution is -2.24. The van der Waals surface area contributed by atoms with Gasteiger partial charge in [0.25, 0.3) is 5.91 Å². The summed E-state index contributed by atoms with van der Waals surface area (Å²) in [5.41, 5.74) is 6.94. The number of ether oxygens (including phenoxy) is 1. The lowest BCUT2D eigenvalue weighted by Gasteiger charge is -2.15. The largest absolute Gasteiger partial charge is 0.484 e. The van der Waals surface area contributed by atoms with Crippen molar-refractivity contribution in [3.63, 3.8) is 0 Å². The third-order valence-electron chi connectivity index (χ3n) is 3.39. The van der Waals surface area contributed by atoms with Gasteiger partial charge in [-0.05, 0) is 41.5 Å². The molecule has 0 bridgehead atoms. The number of benzene rings is 2. The normalized spacial score (nSPS) is 10.6. The van der Waals surface area contributed by atoms with E-state index in [0.717, 1.165) is 15.6 Å². The molecule has 0 atom stereocenters. The second kappa shape index (κ2) is 9.03. The van der Waals surface area contributed by atoms with Crippen LogP contribution >= 0.6 is 15.9 Å². The Balaban J connectivity index is 1.90. The number of nitrogens with zero attached hydrogens (tertiary/aromatic N) is 1. The Morgan fingerprint density at radius 2 is 1.76 bits per heavy atom. The Morgan fingerprint density at radius 1 is 1.12 bits per heavy atom. The van der Waals surface area contributed by atoms with Gasteiger partial charge in [-0.15, -0.1) is 0 Å². The Labute approximate surface area is 155 Å². The zero-order valence-corrected chi connectivity index (χ0v) is 15.4. The summed E-state index contributed by atoms with van der Waals surface area (Å²) in [5.74, 6) is -0.0602. The molecule has 0 aliphatic rings. The van der Waals surface area contributed by atoms with E-state index in [0.29, 0.717) is 12.3 Å². The molecule has 2 aromatic carbocycles. The quantitative estimate of drug-likeness (QED) is 0.723. The van der Waals surface area contributed by atoms with Crippen LogP contribution in [0.25, 0.3) is 6.08 Å². The molecule has 0 aliphatic heterocycles. The topological polar surface area (TPSA) is 72.6 Å². The van der Waals surface area contributed by atoms with Crippen LogP contribution in [0.2, 0.25) is 0 Å². The van der Waals surface area contributed by atoms with E-state index in [4.69, 9.17) is 10.5 Å². The molecule has 0 aromatic heterocycles. The van der Waals surface area contributed by atoms with Crippen LogP contribution in [0.1, 0.15) is 11.1 Å². The standard InChI is InChI=1S/C19H19BrN2O3/c1-22(12-15-2-7-16(20)8-3-15)19(24)11-6-14-4-9-17(10-5-14)25-13-18(21)23/h2-11H,12-13H2,1H3,(H2,21,23)/b11-6+. The van der Waals surface area contributed by atoms with Crippen LogP contribution in [0, 0.1) is 0 Å². The van der Waals surface area contributed by atoms with Crippen molar-refractivity contribution < 1.29 is 14.3 Å². The van der Waals surface area contributed by atoms with Crippen molar-refractivity contribution in [3.8, 4) is 5.75 Å². The highest BCUT2D eigenvalue weighted by Gasteiger charge is 2.06. The molecule has 2 aromatic rings. The lowest BCUT2D eigenvalue weighted by molar-refractivity contribution is -0.125. The number of hydrogen-bond acceptors (Lipinski definition) is 3. The number of nitrogens with two attached hydrogens (primary N) is 1. The van der Waals surface area contributed by atoms with E-state index in [1.807, 2.05) is 24.3 Å². The zero-order chi connectivity index (χ0) is 18.2. The number of hydrogen-bond donors (Lipinski definition) is 1. The number of carbonyl (C=O) groups is 2. The molecule has 25 heavy (non-hydrogen) atoms. The Morgan fingerprint density at radius 3 is 2.36 bits per heavy atom. The first-order valence-electron chi connectivity index (χ1n) is 7.63. The zero-order valence-electron chi connectivity index (χ0n) is 13.8. The molecule has 2 N–H and O–H groups in total. The molecule has 0 saturated carbocycles. The first-order chi connectivity index (χ1) is 11.9. The highest BCUT2D eigenvalue weighted by Crippen LogP contribution is 2.14. The molecule has 2 rings (SSSR count). The van der Waals surface area contributed by atoms with Crippen LogP contribution in [-0.4, -0.2) is 30.4 Å². The number of halogens is 1. The first-order valence-corrected chi connectivity index (χ1v) is 8.42. The van der Waals surface area contributed by atoms with Gasteiger partial charge >= 0.3 is 0 Å². The molecule has 2 amide bonds. The Bertz CT molecular complexity index is 755. The maximum absolute atomic E-state index is 12.2. The predicted octanol–water partition coefficient (Wildman–Crippen LogP) is 2.99. The van der Waals surface area contributed by atoms with Gasteiger partial charge in [0.1, 0.15) is 5.75 Å². The average Bonchev–Trinajstić information content (AvgIpc) is 2.60. The number of likely N-dealkylation sites (N-methyl/N-ethyl adjacent to an activating group) is 1. The summed E-state index contributed by atoms with van der Waals surface area (Å²) in [7, 11) is 1.76. The number of rotatable bonds is 7. The fourth-order valence-electron chi connectivity index (χ4n) is 2.07. The van der Waals surface area contributed by atoms with Gasteiger partial charge in [0, 0.05) is 24.1 Å². The van der Waals surface area contributed by atoms with Gasteiger partial charge in [-0.1, -0.05) is 40.2 Å². The van der Waals surface area contributed by atoms with Crippen LogP contribution in [0.5, 0.6) is 5.75 Å². The molecular weight excluding hydrogens is 384 g/mol. The van der Waals surface area contributed by atoms with Crippen molar-refractivity contribution in [1.82, 2.24) is 4.90 Å². The van der Waals surface area contributed by atoms with E-state index < -0.39 is 5.91 Å². The van der Waals surface area contributed by atoms with Crippen LogP contribution in [0.4, 0.5) is 0 Å². The molecule has 0 aliphatic carbocycles. The van der Waals surface area contributed by atoms with E-state index >= 15 is 0 Å². The molecular formula is C19H19BrN2O3. The van der Waals surface area contributed by atoms with Crippen molar-refractivity contribution in [3.05, 3.63) is 70.2 Å². The van der Waals surface area contributed by atoms with Gasteiger partial charge in [0.15, 0.2) is 6.61 Å². The summed E-state index contributed by atoms with van der Waals surface area (Å²) in [6.45, 7) is 0.380. The van der Waals surface area contributed by atoms with E-state index in [2.05, 4.69) is 15.9 Å². The summed E-state index contributed by atoms with van der Waals surface area (Å²) < 4.78 is 6.19. The SMILES string of the molecule is CN(Cc1ccc(Br)cc1)C(=O)/C=C/c1ccc(OCC(N)=O)cc1. The summed E-state index contributed by atoms with van der Waals surface area (Å²) >= 11 is 3.39. The van der Waals surface area contributed by atoms with E-state index in [1.54, 1.807) is 42.3 Å². The molecule has 0 radical (unpaired) electrons. The minimum Gasteiger partial charge on any atom is -0.484 e. The van der Waals surface area contributed by atoms with Crippen molar-refractivity contribution in [1.29, 1.82) is 0 Å². The molecule has 5 nitrogen and oxygen atoms in total. The third kappa shape index (κ3) is 6.43. The number of primary amides is 1. The second-order valence-electron chi connectivity index (χ2n) is 5.48. The smallest absolute Gasteiger partial charge is 0.255 e.